The molecule has 0 N–H and O–H groups in total. The number of hydrogen-bond donors (Lipinski definition) is 0. The summed E-state index contributed by atoms with van der Waals surface area (Å²) in [5.74, 6) is 0.852. The monoisotopic (exact) mass is 219 g/mol. The highest BCUT2D eigenvalue weighted by atomic mass is 16.5. The van der Waals surface area contributed by atoms with E-state index in [2.05, 4.69) is 34.6 Å². The Morgan fingerprint density at radius 2 is 2.19 bits per heavy atom. The normalized spacial score (nSPS) is 11.2. The maximum Gasteiger partial charge on any atom is 0.121 e. The van der Waals surface area contributed by atoms with Gasteiger partial charge in [0, 0.05) is 19.2 Å². The van der Waals surface area contributed by atoms with Crippen LogP contribution in [0.5, 0.6) is 5.75 Å². The van der Waals surface area contributed by atoms with Crippen LogP contribution in [-0.2, 0) is 6.54 Å². The summed E-state index contributed by atoms with van der Waals surface area (Å²) < 4.78 is 7.33. The van der Waals surface area contributed by atoms with E-state index in [1.165, 1.54) is 0 Å². The summed E-state index contributed by atoms with van der Waals surface area (Å²) in [6.45, 7) is 1.97. The summed E-state index contributed by atoms with van der Waals surface area (Å²) >= 11 is 0. The number of nitrogens with zero attached hydrogens (tertiary/aromatic N) is 3. The third-order valence-corrected chi connectivity index (χ3v) is 2.62. The van der Waals surface area contributed by atoms with E-state index in [1.807, 2.05) is 18.5 Å². The summed E-state index contributed by atoms with van der Waals surface area (Å²) in [5.41, 5.74) is 2.14. The smallest absolute Gasteiger partial charge is 0.121 e. The number of ether oxygens (including phenoxy) is 1. The highest BCUT2D eigenvalue weighted by Gasteiger charge is 2.03. The average Bonchev–Trinajstić information content (AvgIpc) is 2.68. The maximum atomic E-state index is 5.17. The van der Waals surface area contributed by atoms with Crippen LogP contribution in [0.15, 0.2) is 24.5 Å². The van der Waals surface area contributed by atoms with Gasteiger partial charge in [0.05, 0.1) is 24.5 Å². The Labute approximate surface area is 95.4 Å². The van der Waals surface area contributed by atoms with E-state index < -0.39 is 0 Å². The van der Waals surface area contributed by atoms with Crippen molar-refractivity contribution in [2.24, 2.45) is 0 Å². The van der Waals surface area contributed by atoms with Gasteiger partial charge in [0.1, 0.15) is 5.75 Å². The number of rotatable bonds is 4. The third kappa shape index (κ3) is 2.17. The van der Waals surface area contributed by atoms with E-state index in [9.17, 15) is 0 Å². The molecule has 1 heterocycles. The van der Waals surface area contributed by atoms with Gasteiger partial charge in [-0.05, 0) is 26.2 Å². The number of hydrogen-bond acceptors (Lipinski definition) is 3. The Morgan fingerprint density at radius 3 is 2.88 bits per heavy atom. The first-order valence-corrected chi connectivity index (χ1v) is 5.34. The van der Waals surface area contributed by atoms with Gasteiger partial charge in [0.25, 0.3) is 0 Å². The molecule has 0 saturated heterocycles. The summed E-state index contributed by atoms with van der Waals surface area (Å²) in [6.07, 6.45) is 1.88. The van der Waals surface area contributed by atoms with Crippen molar-refractivity contribution in [2.75, 3.05) is 27.7 Å². The number of benzene rings is 1. The summed E-state index contributed by atoms with van der Waals surface area (Å²) in [6, 6.07) is 5.98. The van der Waals surface area contributed by atoms with Crippen LogP contribution in [0, 0.1) is 0 Å². The molecule has 0 atom stereocenters. The zero-order valence-electron chi connectivity index (χ0n) is 9.97. The average molecular weight is 219 g/mol. The van der Waals surface area contributed by atoms with Crippen LogP contribution in [0.25, 0.3) is 11.0 Å². The zero-order valence-corrected chi connectivity index (χ0v) is 9.97. The molecule has 1 aromatic heterocycles. The minimum atomic E-state index is 0.852. The number of fused-ring (bicyclic) bond motifs is 1. The number of likely N-dealkylation sites (N-methyl/N-ethyl adjacent to an activating group) is 1. The SMILES string of the molecule is COc1ccc2c(c1)ncn2CCN(C)C. The van der Waals surface area contributed by atoms with Crippen LogP contribution in [0.1, 0.15) is 0 Å². The second kappa shape index (κ2) is 4.53. The first-order valence-electron chi connectivity index (χ1n) is 5.34. The molecule has 16 heavy (non-hydrogen) atoms. The molecule has 0 bridgehead atoms. The van der Waals surface area contributed by atoms with Crippen molar-refractivity contribution in [1.82, 2.24) is 14.5 Å². The molecule has 0 fully saturated rings. The van der Waals surface area contributed by atoms with Gasteiger partial charge in [0.2, 0.25) is 0 Å². The highest BCUT2D eigenvalue weighted by molar-refractivity contribution is 5.76. The third-order valence-electron chi connectivity index (χ3n) is 2.62. The maximum absolute atomic E-state index is 5.17. The van der Waals surface area contributed by atoms with Crippen molar-refractivity contribution in [3.8, 4) is 5.75 Å². The fourth-order valence-corrected chi connectivity index (χ4v) is 1.66. The zero-order chi connectivity index (χ0) is 11.5. The fraction of sp³-hybridized carbons (Fsp3) is 0.417. The predicted octanol–water partition coefficient (Wildman–Crippen LogP) is 1.61. The molecule has 0 spiro atoms. The number of imidazole rings is 1. The Hall–Kier alpha value is -1.55. The molecule has 2 rings (SSSR count). The quantitative estimate of drug-likeness (QED) is 0.782. The van der Waals surface area contributed by atoms with Gasteiger partial charge in [-0.2, -0.15) is 0 Å². The predicted molar refractivity (Wildman–Crippen MR) is 64.8 cm³/mol. The van der Waals surface area contributed by atoms with Crippen molar-refractivity contribution in [3.63, 3.8) is 0 Å². The van der Waals surface area contributed by atoms with Crippen LogP contribution in [0.2, 0.25) is 0 Å². The standard InChI is InChI=1S/C12H17N3O/c1-14(2)6-7-15-9-13-11-8-10(16-3)4-5-12(11)15/h4-5,8-9H,6-7H2,1-3H3. The lowest BCUT2D eigenvalue weighted by molar-refractivity contribution is 0.386. The second-order valence-corrected chi connectivity index (χ2v) is 4.10. The van der Waals surface area contributed by atoms with Crippen LogP contribution in [-0.4, -0.2) is 42.2 Å². The molecule has 0 saturated carbocycles. The van der Waals surface area contributed by atoms with Gasteiger partial charge >= 0.3 is 0 Å². The van der Waals surface area contributed by atoms with E-state index in [1.54, 1.807) is 7.11 Å². The molecule has 0 aliphatic heterocycles. The number of aromatic nitrogens is 2. The Bertz CT molecular complexity index is 476. The van der Waals surface area contributed by atoms with E-state index in [0.29, 0.717) is 0 Å². The molecule has 0 amide bonds. The van der Waals surface area contributed by atoms with Crippen molar-refractivity contribution in [1.29, 1.82) is 0 Å². The van der Waals surface area contributed by atoms with Crippen LogP contribution >= 0.6 is 0 Å². The molecule has 0 aliphatic carbocycles. The molecule has 0 radical (unpaired) electrons. The van der Waals surface area contributed by atoms with Crippen molar-refractivity contribution >= 4 is 11.0 Å². The van der Waals surface area contributed by atoms with Gasteiger partial charge < -0.3 is 14.2 Å². The fourth-order valence-electron chi connectivity index (χ4n) is 1.66. The van der Waals surface area contributed by atoms with Crippen LogP contribution in [0.4, 0.5) is 0 Å². The molecule has 4 heteroatoms. The Morgan fingerprint density at radius 1 is 1.38 bits per heavy atom. The summed E-state index contributed by atoms with van der Waals surface area (Å²) in [7, 11) is 5.81. The van der Waals surface area contributed by atoms with Crippen LogP contribution in [0.3, 0.4) is 0 Å². The summed E-state index contributed by atoms with van der Waals surface area (Å²) in [5, 5.41) is 0. The Kier molecular flexibility index (Phi) is 3.10. The lowest BCUT2D eigenvalue weighted by atomic mass is 10.3. The molecule has 1 aromatic carbocycles. The van der Waals surface area contributed by atoms with Crippen molar-refractivity contribution in [2.45, 2.75) is 6.54 Å². The molecule has 0 unspecified atom stereocenters. The molecule has 0 aliphatic rings. The van der Waals surface area contributed by atoms with E-state index in [0.717, 1.165) is 29.9 Å². The van der Waals surface area contributed by atoms with Crippen LogP contribution < -0.4 is 4.74 Å². The van der Waals surface area contributed by atoms with Gasteiger partial charge in [-0.25, -0.2) is 4.98 Å². The van der Waals surface area contributed by atoms with Gasteiger partial charge in [-0.3, -0.25) is 0 Å². The lowest BCUT2D eigenvalue weighted by Gasteiger charge is -2.10. The van der Waals surface area contributed by atoms with Crippen molar-refractivity contribution in [3.05, 3.63) is 24.5 Å². The summed E-state index contributed by atoms with van der Waals surface area (Å²) in [4.78, 5) is 6.53. The lowest BCUT2D eigenvalue weighted by Crippen LogP contribution is -2.17. The van der Waals surface area contributed by atoms with E-state index in [-0.39, 0.29) is 0 Å². The molecular formula is C12H17N3O. The first kappa shape index (κ1) is 11.0. The minimum absolute atomic E-state index is 0.852. The Balaban J connectivity index is 2.27. The first-order chi connectivity index (χ1) is 7.70. The van der Waals surface area contributed by atoms with Crippen molar-refractivity contribution < 1.29 is 4.74 Å². The van der Waals surface area contributed by atoms with E-state index in [4.69, 9.17) is 4.74 Å². The van der Waals surface area contributed by atoms with Gasteiger partial charge in [-0.1, -0.05) is 0 Å². The van der Waals surface area contributed by atoms with Gasteiger partial charge in [-0.15, -0.1) is 0 Å². The second-order valence-electron chi connectivity index (χ2n) is 4.10. The minimum Gasteiger partial charge on any atom is -0.497 e. The molecule has 4 nitrogen and oxygen atoms in total. The van der Waals surface area contributed by atoms with E-state index >= 15 is 0 Å². The highest BCUT2D eigenvalue weighted by Crippen LogP contribution is 2.19. The molecular weight excluding hydrogens is 202 g/mol. The topological polar surface area (TPSA) is 30.3 Å². The largest absolute Gasteiger partial charge is 0.497 e. The molecule has 2 aromatic rings. The van der Waals surface area contributed by atoms with Gasteiger partial charge in [0.15, 0.2) is 0 Å². The molecule has 86 valence electrons. The number of methoxy groups -OCH3 is 1.